The molecule has 2 aromatic rings. The summed E-state index contributed by atoms with van der Waals surface area (Å²) in [6.07, 6.45) is 1.63. The van der Waals surface area contributed by atoms with Crippen LogP contribution in [0.2, 0.25) is 0 Å². The van der Waals surface area contributed by atoms with Gasteiger partial charge in [-0.05, 0) is 28.8 Å². The first kappa shape index (κ1) is 13.2. The van der Waals surface area contributed by atoms with Crippen LogP contribution in [0.25, 0.3) is 0 Å². The smallest absolute Gasteiger partial charge is 0.231 e. The molecule has 0 spiro atoms. The van der Waals surface area contributed by atoms with E-state index in [1.807, 2.05) is 11.4 Å². The molecule has 0 saturated heterocycles. The summed E-state index contributed by atoms with van der Waals surface area (Å²) in [6.45, 7) is 3.18. The third-order valence-corrected chi connectivity index (χ3v) is 3.13. The maximum Gasteiger partial charge on any atom is 0.231 e. The zero-order chi connectivity index (χ0) is 12.8. The highest BCUT2D eigenvalue weighted by Crippen LogP contribution is 2.13. The zero-order valence-electron chi connectivity index (χ0n) is 10.3. The van der Waals surface area contributed by atoms with Gasteiger partial charge in [0.15, 0.2) is 5.82 Å². The number of hydrogen-bond acceptors (Lipinski definition) is 6. The Kier molecular flexibility index (Phi) is 4.86. The first-order valence-electron chi connectivity index (χ1n) is 5.96. The number of nitrogens with two attached hydrogens (primary N) is 1. The predicted octanol–water partition coefficient (Wildman–Crippen LogP) is 2.15. The normalized spacial score (nSPS) is 12.8. The highest BCUT2D eigenvalue weighted by atomic mass is 32.1. The second-order valence-corrected chi connectivity index (χ2v) is 4.82. The SMILES string of the molecule is CCCOCC(N)c1noc(Cc2ccsc2)n1. The van der Waals surface area contributed by atoms with E-state index in [1.165, 1.54) is 5.56 Å². The molecule has 0 aromatic carbocycles. The molecule has 0 aliphatic carbocycles. The molecule has 0 aliphatic heterocycles. The number of ether oxygens (including phenoxy) is 1. The first-order chi connectivity index (χ1) is 8.79. The van der Waals surface area contributed by atoms with Gasteiger partial charge >= 0.3 is 0 Å². The van der Waals surface area contributed by atoms with Crippen LogP contribution in [0.1, 0.15) is 36.7 Å². The molecular weight excluding hydrogens is 250 g/mol. The van der Waals surface area contributed by atoms with Crippen molar-refractivity contribution < 1.29 is 9.26 Å². The van der Waals surface area contributed by atoms with Crippen molar-refractivity contribution in [1.29, 1.82) is 0 Å². The molecule has 98 valence electrons. The summed E-state index contributed by atoms with van der Waals surface area (Å²) in [4.78, 5) is 4.29. The van der Waals surface area contributed by atoms with Crippen molar-refractivity contribution in [2.75, 3.05) is 13.2 Å². The summed E-state index contributed by atoms with van der Waals surface area (Å²) in [7, 11) is 0. The van der Waals surface area contributed by atoms with Crippen LogP contribution in [0.15, 0.2) is 21.3 Å². The van der Waals surface area contributed by atoms with E-state index < -0.39 is 0 Å². The quantitative estimate of drug-likeness (QED) is 0.778. The van der Waals surface area contributed by atoms with Crippen LogP contribution in [-0.4, -0.2) is 23.4 Å². The summed E-state index contributed by atoms with van der Waals surface area (Å²) in [5.41, 5.74) is 7.09. The van der Waals surface area contributed by atoms with Gasteiger partial charge in [0.1, 0.15) is 0 Å². The average molecular weight is 267 g/mol. The Labute approximate surface area is 110 Å². The Bertz CT molecular complexity index is 456. The van der Waals surface area contributed by atoms with Gasteiger partial charge in [-0.25, -0.2) is 0 Å². The molecule has 1 unspecified atom stereocenters. The van der Waals surface area contributed by atoms with E-state index in [1.54, 1.807) is 11.3 Å². The molecule has 2 aromatic heterocycles. The number of thiophene rings is 1. The molecule has 0 fully saturated rings. The van der Waals surface area contributed by atoms with Crippen LogP contribution in [-0.2, 0) is 11.2 Å². The van der Waals surface area contributed by atoms with E-state index in [4.69, 9.17) is 15.0 Å². The lowest BCUT2D eigenvalue weighted by Gasteiger charge is -2.06. The molecule has 0 radical (unpaired) electrons. The van der Waals surface area contributed by atoms with Gasteiger partial charge in [-0.2, -0.15) is 16.3 Å². The minimum absolute atomic E-state index is 0.323. The fraction of sp³-hybridized carbons (Fsp3) is 0.500. The summed E-state index contributed by atoms with van der Waals surface area (Å²) >= 11 is 1.65. The van der Waals surface area contributed by atoms with Gasteiger partial charge in [0.05, 0.1) is 19.1 Å². The van der Waals surface area contributed by atoms with Crippen LogP contribution in [0.5, 0.6) is 0 Å². The van der Waals surface area contributed by atoms with Gasteiger partial charge in [0.2, 0.25) is 5.89 Å². The minimum Gasteiger partial charge on any atom is -0.379 e. The molecule has 1 atom stereocenters. The molecule has 6 heteroatoms. The van der Waals surface area contributed by atoms with E-state index in [0.717, 1.165) is 6.42 Å². The van der Waals surface area contributed by atoms with Crippen LogP contribution in [0.3, 0.4) is 0 Å². The zero-order valence-corrected chi connectivity index (χ0v) is 11.2. The van der Waals surface area contributed by atoms with E-state index in [0.29, 0.717) is 31.3 Å². The largest absolute Gasteiger partial charge is 0.379 e. The minimum atomic E-state index is -0.323. The van der Waals surface area contributed by atoms with Gasteiger partial charge in [-0.15, -0.1) is 0 Å². The fourth-order valence-electron chi connectivity index (χ4n) is 1.49. The van der Waals surface area contributed by atoms with E-state index in [9.17, 15) is 0 Å². The van der Waals surface area contributed by atoms with E-state index in [-0.39, 0.29) is 6.04 Å². The molecule has 0 amide bonds. The van der Waals surface area contributed by atoms with Gasteiger partial charge in [0, 0.05) is 6.61 Å². The summed E-state index contributed by atoms with van der Waals surface area (Å²) in [6, 6.07) is 1.72. The summed E-state index contributed by atoms with van der Waals surface area (Å²) in [5.74, 6) is 1.10. The van der Waals surface area contributed by atoms with E-state index in [2.05, 4.69) is 22.4 Å². The second-order valence-electron chi connectivity index (χ2n) is 4.04. The number of aromatic nitrogens is 2. The lowest BCUT2D eigenvalue weighted by atomic mass is 10.2. The molecule has 2 heterocycles. The van der Waals surface area contributed by atoms with Crippen molar-refractivity contribution in [1.82, 2.24) is 10.1 Å². The topological polar surface area (TPSA) is 74.2 Å². The molecule has 5 nitrogen and oxygen atoms in total. The standard InChI is InChI=1S/C12H17N3O2S/c1-2-4-16-7-10(13)12-14-11(17-15-12)6-9-3-5-18-8-9/h3,5,8,10H,2,4,6-7,13H2,1H3. The van der Waals surface area contributed by atoms with Crippen molar-refractivity contribution in [2.45, 2.75) is 25.8 Å². The predicted molar refractivity (Wildman–Crippen MR) is 69.5 cm³/mol. The van der Waals surface area contributed by atoms with Crippen molar-refractivity contribution in [2.24, 2.45) is 5.73 Å². The number of rotatable bonds is 7. The Morgan fingerprint density at radius 1 is 1.56 bits per heavy atom. The number of hydrogen-bond donors (Lipinski definition) is 1. The Morgan fingerprint density at radius 3 is 3.17 bits per heavy atom. The number of nitrogens with zero attached hydrogens (tertiary/aromatic N) is 2. The van der Waals surface area contributed by atoms with Crippen molar-refractivity contribution in [3.05, 3.63) is 34.1 Å². The van der Waals surface area contributed by atoms with Crippen LogP contribution in [0, 0.1) is 0 Å². The Morgan fingerprint density at radius 2 is 2.44 bits per heavy atom. The van der Waals surface area contributed by atoms with Gasteiger partial charge in [0.25, 0.3) is 0 Å². The van der Waals surface area contributed by atoms with E-state index >= 15 is 0 Å². The molecule has 0 saturated carbocycles. The first-order valence-corrected chi connectivity index (χ1v) is 6.90. The molecule has 0 bridgehead atoms. The monoisotopic (exact) mass is 267 g/mol. The molecule has 0 aliphatic rings. The van der Waals surface area contributed by atoms with Gasteiger partial charge < -0.3 is 15.0 Å². The highest BCUT2D eigenvalue weighted by molar-refractivity contribution is 7.07. The van der Waals surface area contributed by atoms with Crippen molar-refractivity contribution in [3.8, 4) is 0 Å². The lowest BCUT2D eigenvalue weighted by molar-refractivity contribution is 0.119. The molecule has 2 rings (SSSR count). The fourth-order valence-corrected chi connectivity index (χ4v) is 2.16. The second kappa shape index (κ2) is 6.63. The van der Waals surface area contributed by atoms with Crippen LogP contribution < -0.4 is 5.73 Å². The van der Waals surface area contributed by atoms with Gasteiger partial charge in [-0.3, -0.25) is 0 Å². The average Bonchev–Trinajstić information content (AvgIpc) is 3.01. The van der Waals surface area contributed by atoms with Crippen LogP contribution in [0.4, 0.5) is 0 Å². The van der Waals surface area contributed by atoms with Gasteiger partial charge in [-0.1, -0.05) is 12.1 Å². The molecule has 2 N–H and O–H groups in total. The van der Waals surface area contributed by atoms with Crippen molar-refractivity contribution >= 4 is 11.3 Å². The lowest BCUT2D eigenvalue weighted by Crippen LogP contribution is -2.18. The third kappa shape index (κ3) is 3.63. The third-order valence-electron chi connectivity index (χ3n) is 2.40. The molecule has 18 heavy (non-hydrogen) atoms. The Balaban J connectivity index is 1.89. The highest BCUT2D eigenvalue weighted by Gasteiger charge is 2.14. The Hall–Kier alpha value is -1.24. The van der Waals surface area contributed by atoms with Crippen LogP contribution >= 0.6 is 11.3 Å². The molecular formula is C12H17N3O2S. The maximum absolute atomic E-state index is 5.91. The summed E-state index contributed by atoms with van der Waals surface area (Å²) in [5, 5.41) is 7.98. The van der Waals surface area contributed by atoms with Crippen molar-refractivity contribution in [3.63, 3.8) is 0 Å². The summed E-state index contributed by atoms with van der Waals surface area (Å²) < 4.78 is 10.5. The maximum atomic E-state index is 5.91.